The second-order valence-corrected chi connectivity index (χ2v) is 5.04. The summed E-state index contributed by atoms with van der Waals surface area (Å²) in [6, 6.07) is 0.623. The number of methoxy groups -OCH3 is 1. The van der Waals surface area contributed by atoms with Crippen LogP contribution in [0.1, 0.15) is 33.1 Å². The molecule has 0 amide bonds. The van der Waals surface area contributed by atoms with E-state index in [0.29, 0.717) is 12.1 Å². The van der Waals surface area contributed by atoms with E-state index in [1.54, 1.807) is 7.11 Å². The van der Waals surface area contributed by atoms with Crippen molar-refractivity contribution in [1.82, 2.24) is 5.32 Å². The molecule has 0 atom stereocenters. The summed E-state index contributed by atoms with van der Waals surface area (Å²) in [7, 11) is 1.77. The van der Waals surface area contributed by atoms with E-state index >= 15 is 0 Å². The molecule has 0 radical (unpaired) electrons. The summed E-state index contributed by atoms with van der Waals surface area (Å²) in [6.45, 7) is 5.63. The van der Waals surface area contributed by atoms with Crippen LogP contribution >= 0.6 is 0 Å². The zero-order chi connectivity index (χ0) is 10.6. The van der Waals surface area contributed by atoms with Gasteiger partial charge < -0.3 is 15.2 Å². The normalized spacial score (nSPS) is 27.4. The van der Waals surface area contributed by atoms with Crippen LogP contribution in [0.2, 0.25) is 0 Å². The highest BCUT2D eigenvalue weighted by Crippen LogP contribution is 2.25. The minimum atomic E-state index is 0.201. The van der Waals surface area contributed by atoms with Gasteiger partial charge in [-0.2, -0.15) is 0 Å². The maximum atomic E-state index is 8.87. The van der Waals surface area contributed by atoms with Crippen molar-refractivity contribution in [2.45, 2.75) is 45.3 Å². The highest BCUT2D eigenvalue weighted by atomic mass is 16.5. The van der Waals surface area contributed by atoms with Crippen LogP contribution in [-0.2, 0) is 4.74 Å². The maximum absolute atomic E-state index is 8.87. The predicted octanol–water partition coefficient (Wildman–Crippen LogP) is 1.16. The smallest absolute Gasteiger partial charge is 0.0601 e. The average Bonchev–Trinajstić information content (AvgIpc) is 2.01. The van der Waals surface area contributed by atoms with Crippen LogP contribution < -0.4 is 5.32 Å². The number of aliphatic hydroxyl groups excluding tert-OH is 1. The molecule has 84 valence electrons. The molecule has 0 heterocycles. The second kappa shape index (κ2) is 5.10. The lowest BCUT2D eigenvalue weighted by Crippen LogP contribution is -2.47. The predicted molar refractivity (Wildman–Crippen MR) is 57.3 cm³/mol. The monoisotopic (exact) mass is 201 g/mol. The van der Waals surface area contributed by atoms with Crippen molar-refractivity contribution in [2.75, 3.05) is 20.3 Å². The highest BCUT2D eigenvalue weighted by molar-refractivity contribution is 4.87. The molecule has 0 aromatic carbocycles. The van der Waals surface area contributed by atoms with Gasteiger partial charge in [-0.3, -0.25) is 0 Å². The molecule has 14 heavy (non-hydrogen) atoms. The second-order valence-electron chi connectivity index (χ2n) is 5.04. The fourth-order valence-electron chi connectivity index (χ4n) is 1.74. The average molecular weight is 201 g/mol. The van der Waals surface area contributed by atoms with Crippen molar-refractivity contribution in [3.63, 3.8) is 0 Å². The molecule has 2 N–H and O–H groups in total. The summed E-state index contributed by atoms with van der Waals surface area (Å²) in [5.74, 6) is 0. The first-order valence-corrected chi connectivity index (χ1v) is 5.44. The van der Waals surface area contributed by atoms with Gasteiger partial charge in [0.25, 0.3) is 0 Å². The molecule has 0 bridgehead atoms. The molecule has 0 unspecified atom stereocenters. The number of aliphatic hydroxyl groups is 1. The zero-order valence-corrected chi connectivity index (χ0v) is 9.55. The van der Waals surface area contributed by atoms with E-state index < -0.39 is 0 Å². The van der Waals surface area contributed by atoms with E-state index in [-0.39, 0.29) is 12.0 Å². The number of ether oxygens (including phenoxy) is 1. The van der Waals surface area contributed by atoms with E-state index in [2.05, 4.69) is 19.2 Å². The summed E-state index contributed by atoms with van der Waals surface area (Å²) in [6.07, 6.45) is 3.59. The fourth-order valence-corrected chi connectivity index (χ4v) is 1.74. The van der Waals surface area contributed by atoms with Gasteiger partial charge in [-0.1, -0.05) is 13.8 Å². The minimum absolute atomic E-state index is 0.201. The molecule has 1 saturated carbocycles. The standard InChI is InChI=1S/C11H23NO2/c1-11(2,4-5-13)8-12-9-6-10(7-9)14-3/h9-10,12-13H,4-8H2,1-3H3. The molecule has 0 aromatic rings. The molecule has 1 aliphatic rings. The Balaban J connectivity index is 2.09. The Labute approximate surface area is 86.8 Å². The van der Waals surface area contributed by atoms with Crippen molar-refractivity contribution in [1.29, 1.82) is 0 Å². The fraction of sp³-hybridized carbons (Fsp3) is 1.00. The van der Waals surface area contributed by atoms with E-state index in [1.165, 1.54) is 0 Å². The first-order chi connectivity index (χ1) is 6.57. The Morgan fingerprint density at radius 3 is 2.57 bits per heavy atom. The Kier molecular flexibility index (Phi) is 4.35. The van der Waals surface area contributed by atoms with Crippen molar-refractivity contribution in [2.24, 2.45) is 5.41 Å². The Bertz CT molecular complexity index is 165. The van der Waals surface area contributed by atoms with Gasteiger partial charge >= 0.3 is 0 Å². The lowest BCUT2D eigenvalue weighted by molar-refractivity contribution is 0.0143. The Morgan fingerprint density at radius 2 is 2.07 bits per heavy atom. The van der Waals surface area contributed by atoms with Crippen molar-refractivity contribution < 1.29 is 9.84 Å². The first-order valence-electron chi connectivity index (χ1n) is 5.44. The summed E-state index contributed by atoms with van der Waals surface area (Å²) in [5, 5.41) is 12.4. The topological polar surface area (TPSA) is 41.5 Å². The SMILES string of the molecule is COC1CC(NCC(C)(C)CCO)C1. The van der Waals surface area contributed by atoms with Crippen LogP contribution in [0.25, 0.3) is 0 Å². The van der Waals surface area contributed by atoms with Gasteiger partial charge in [-0.15, -0.1) is 0 Å². The Morgan fingerprint density at radius 1 is 1.43 bits per heavy atom. The molecule has 0 spiro atoms. The molecular weight excluding hydrogens is 178 g/mol. The van der Waals surface area contributed by atoms with Crippen molar-refractivity contribution in [3.05, 3.63) is 0 Å². The van der Waals surface area contributed by atoms with Gasteiger partial charge in [0.2, 0.25) is 0 Å². The zero-order valence-electron chi connectivity index (χ0n) is 9.55. The number of nitrogens with one attached hydrogen (secondary N) is 1. The quantitative estimate of drug-likeness (QED) is 0.677. The van der Waals surface area contributed by atoms with Crippen LogP contribution in [0.15, 0.2) is 0 Å². The molecule has 1 aliphatic carbocycles. The van der Waals surface area contributed by atoms with E-state index in [1.807, 2.05) is 0 Å². The molecule has 3 nitrogen and oxygen atoms in total. The van der Waals surface area contributed by atoms with Gasteiger partial charge in [-0.25, -0.2) is 0 Å². The summed E-state index contributed by atoms with van der Waals surface area (Å²) in [5.41, 5.74) is 0.201. The van der Waals surface area contributed by atoms with Gasteiger partial charge in [-0.05, 0) is 24.7 Å². The first kappa shape index (κ1) is 12.0. The van der Waals surface area contributed by atoms with E-state index in [0.717, 1.165) is 25.8 Å². The minimum Gasteiger partial charge on any atom is -0.396 e. The van der Waals surface area contributed by atoms with Gasteiger partial charge in [0.05, 0.1) is 6.10 Å². The number of hydrogen-bond donors (Lipinski definition) is 2. The Hall–Kier alpha value is -0.120. The summed E-state index contributed by atoms with van der Waals surface area (Å²) >= 11 is 0. The largest absolute Gasteiger partial charge is 0.396 e. The third-order valence-electron chi connectivity index (χ3n) is 3.09. The summed E-state index contributed by atoms with van der Waals surface area (Å²) < 4.78 is 5.22. The number of hydrogen-bond acceptors (Lipinski definition) is 3. The van der Waals surface area contributed by atoms with Crippen LogP contribution in [0.3, 0.4) is 0 Å². The van der Waals surface area contributed by atoms with E-state index in [9.17, 15) is 0 Å². The van der Waals surface area contributed by atoms with Crippen LogP contribution in [-0.4, -0.2) is 37.5 Å². The van der Waals surface area contributed by atoms with Crippen LogP contribution in [0, 0.1) is 5.41 Å². The number of rotatable bonds is 6. The molecule has 1 rings (SSSR count). The van der Waals surface area contributed by atoms with Crippen LogP contribution in [0.4, 0.5) is 0 Å². The molecule has 0 saturated heterocycles. The molecule has 0 aliphatic heterocycles. The lowest BCUT2D eigenvalue weighted by Gasteiger charge is -2.37. The molecule has 3 heteroatoms. The molecule has 1 fully saturated rings. The summed E-state index contributed by atoms with van der Waals surface area (Å²) in [4.78, 5) is 0. The molecule has 0 aromatic heterocycles. The maximum Gasteiger partial charge on any atom is 0.0601 e. The van der Waals surface area contributed by atoms with Gasteiger partial charge in [0.1, 0.15) is 0 Å². The third kappa shape index (κ3) is 3.56. The third-order valence-corrected chi connectivity index (χ3v) is 3.09. The lowest BCUT2D eigenvalue weighted by atomic mass is 9.85. The van der Waals surface area contributed by atoms with Crippen LogP contribution in [0.5, 0.6) is 0 Å². The molecular formula is C11H23NO2. The van der Waals surface area contributed by atoms with Crippen molar-refractivity contribution in [3.8, 4) is 0 Å². The highest BCUT2D eigenvalue weighted by Gasteiger charge is 2.29. The van der Waals surface area contributed by atoms with Gasteiger partial charge in [0, 0.05) is 26.3 Å². The van der Waals surface area contributed by atoms with Crippen molar-refractivity contribution >= 4 is 0 Å². The van der Waals surface area contributed by atoms with Gasteiger partial charge in [0.15, 0.2) is 0 Å². The van der Waals surface area contributed by atoms with E-state index in [4.69, 9.17) is 9.84 Å².